The zero-order chi connectivity index (χ0) is 8.81. The number of hydrogen-bond acceptors (Lipinski definition) is 1. The van der Waals surface area contributed by atoms with Gasteiger partial charge in [0.05, 0.1) is 0 Å². The molecule has 12 heavy (non-hydrogen) atoms. The van der Waals surface area contributed by atoms with Crippen molar-refractivity contribution in [2.75, 3.05) is 0 Å². The fourth-order valence-corrected chi connectivity index (χ4v) is 0.943. The number of allylic oxidation sites excluding steroid dienone is 1. The normalized spacial score (nSPS) is 10.4. The minimum atomic E-state index is 0.336. The first kappa shape index (κ1) is 9.01. The van der Waals surface area contributed by atoms with E-state index in [1.54, 1.807) is 12.4 Å². The second-order valence-corrected chi connectivity index (χ2v) is 2.74. The van der Waals surface area contributed by atoms with Gasteiger partial charge in [0.2, 0.25) is 6.29 Å². The summed E-state index contributed by atoms with van der Waals surface area (Å²) in [5.41, 5.74) is 1.04. The van der Waals surface area contributed by atoms with E-state index < -0.39 is 0 Å². The van der Waals surface area contributed by atoms with E-state index >= 15 is 0 Å². The molecule has 0 aromatic heterocycles. The summed E-state index contributed by atoms with van der Waals surface area (Å²) in [6.45, 7) is 0. The standard InChI is InChI=1S/C10H8ClO/c11-10-6-4-9(5-7-10)3-1-2-8-12/h1,3-7H,2H2. The van der Waals surface area contributed by atoms with E-state index in [-0.39, 0.29) is 0 Å². The minimum Gasteiger partial charge on any atom is -0.291 e. The van der Waals surface area contributed by atoms with E-state index in [4.69, 9.17) is 11.6 Å². The molecule has 0 bridgehead atoms. The van der Waals surface area contributed by atoms with E-state index in [1.165, 1.54) is 0 Å². The molecular weight excluding hydrogens is 172 g/mol. The number of rotatable bonds is 3. The first-order chi connectivity index (χ1) is 5.83. The zero-order valence-electron chi connectivity index (χ0n) is 6.46. The van der Waals surface area contributed by atoms with Gasteiger partial charge in [-0.2, -0.15) is 0 Å². The van der Waals surface area contributed by atoms with E-state index in [0.29, 0.717) is 11.4 Å². The molecule has 1 nitrogen and oxygen atoms in total. The molecule has 1 aromatic rings. The van der Waals surface area contributed by atoms with Crippen molar-refractivity contribution < 1.29 is 4.79 Å². The van der Waals surface area contributed by atoms with Gasteiger partial charge in [0.15, 0.2) is 0 Å². The van der Waals surface area contributed by atoms with Gasteiger partial charge in [-0.25, -0.2) is 0 Å². The third-order valence-electron chi connectivity index (χ3n) is 1.38. The summed E-state index contributed by atoms with van der Waals surface area (Å²) in [6, 6.07) is 7.41. The lowest BCUT2D eigenvalue weighted by Crippen LogP contribution is -1.71. The van der Waals surface area contributed by atoms with Crippen LogP contribution >= 0.6 is 11.6 Å². The van der Waals surface area contributed by atoms with E-state index in [9.17, 15) is 4.79 Å². The van der Waals surface area contributed by atoms with Gasteiger partial charge < -0.3 is 0 Å². The Morgan fingerprint density at radius 1 is 1.33 bits per heavy atom. The van der Waals surface area contributed by atoms with Gasteiger partial charge in [-0.05, 0) is 17.7 Å². The van der Waals surface area contributed by atoms with Crippen molar-refractivity contribution in [2.24, 2.45) is 0 Å². The average Bonchev–Trinajstić information content (AvgIpc) is 2.09. The summed E-state index contributed by atoms with van der Waals surface area (Å²) >= 11 is 5.69. The molecule has 61 valence electrons. The summed E-state index contributed by atoms with van der Waals surface area (Å²) in [6.07, 6.45) is 5.74. The molecule has 1 radical (unpaired) electrons. The Bertz CT molecular complexity index is 274. The lowest BCUT2D eigenvalue weighted by Gasteiger charge is -1.91. The van der Waals surface area contributed by atoms with Crippen LogP contribution in [-0.2, 0) is 4.79 Å². The summed E-state index contributed by atoms with van der Waals surface area (Å²) in [5, 5.41) is 0.717. The highest BCUT2D eigenvalue weighted by Gasteiger charge is 1.86. The molecule has 0 spiro atoms. The molecule has 0 atom stereocenters. The molecule has 0 unspecified atom stereocenters. The topological polar surface area (TPSA) is 17.1 Å². The van der Waals surface area contributed by atoms with Gasteiger partial charge in [0, 0.05) is 11.4 Å². The van der Waals surface area contributed by atoms with Crippen molar-refractivity contribution in [3.8, 4) is 0 Å². The Morgan fingerprint density at radius 2 is 2.00 bits per heavy atom. The van der Waals surface area contributed by atoms with Crippen molar-refractivity contribution in [2.45, 2.75) is 6.42 Å². The van der Waals surface area contributed by atoms with Crippen LogP contribution in [0.1, 0.15) is 12.0 Å². The quantitative estimate of drug-likeness (QED) is 0.698. The molecule has 0 aliphatic carbocycles. The van der Waals surface area contributed by atoms with Crippen molar-refractivity contribution in [1.29, 1.82) is 0 Å². The SMILES string of the molecule is O=[C]CC=Cc1ccc(Cl)cc1. The molecule has 2 heteroatoms. The third-order valence-corrected chi connectivity index (χ3v) is 1.63. The fraction of sp³-hybridized carbons (Fsp3) is 0.100. The van der Waals surface area contributed by atoms with Crippen molar-refractivity contribution in [1.82, 2.24) is 0 Å². The van der Waals surface area contributed by atoms with Gasteiger partial charge in [-0.1, -0.05) is 35.9 Å². The molecule has 0 heterocycles. The number of halogens is 1. The van der Waals surface area contributed by atoms with Crippen molar-refractivity contribution >= 4 is 24.0 Å². The van der Waals surface area contributed by atoms with Gasteiger partial charge >= 0.3 is 0 Å². The predicted molar refractivity (Wildman–Crippen MR) is 50.8 cm³/mol. The molecule has 0 saturated heterocycles. The van der Waals surface area contributed by atoms with E-state index in [2.05, 4.69) is 0 Å². The van der Waals surface area contributed by atoms with Gasteiger partial charge in [-0.3, -0.25) is 4.79 Å². The summed E-state index contributed by atoms with van der Waals surface area (Å²) in [5.74, 6) is 0. The van der Waals surface area contributed by atoms with Crippen LogP contribution < -0.4 is 0 Å². The fourth-order valence-electron chi connectivity index (χ4n) is 0.817. The van der Waals surface area contributed by atoms with Crippen LogP contribution in [0.25, 0.3) is 6.08 Å². The first-order valence-corrected chi connectivity index (χ1v) is 3.98. The van der Waals surface area contributed by atoms with Crippen LogP contribution in [0.2, 0.25) is 5.02 Å². The summed E-state index contributed by atoms with van der Waals surface area (Å²) in [7, 11) is 0. The highest BCUT2D eigenvalue weighted by atomic mass is 35.5. The molecule has 0 saturated carbocycles. The second kappa shape index (κ2) is 4.73. The van der Waals surface area contributed by atoms with Gasteiger partial charge in [0.1, 0.15) is 0 Å². The minimum absolute atomic E-state index is 0.336. The van der Waals surface area contributed by atoms with Crippen LogP contribution in [0.5, 0.6) is 0 Å². The van der Waals surface area contributed by atoms with Gasteiger partial charge in [-0.15, -0.1) is 0 Å². The summed E-state index contributed by atoms with van der Waals surface area (Å²) < 4.78 is 0. The monoisotopic (exact) mass is 179 g/mol. The predicted octanol–water partition coefficient (Wildman–Crippen LogP) is 2.85. The molecule has 1 rings (SSSR count). The Hall–Kier alpha value is -1.08. The van der Waals surface area contributed by atoms with E-state index in [0.717, 1.165) is 5.56 Å². The highest BCUT2D eigenvalue weighted by molar-refractivity contribution is 6.30. The van der Waals surface area contributed by atoms with Crippen LogP contribution in [0.3, 0.4) is 0 Å². The Morgan fingerprint density at radius 3 is 2.58 bits per heavy atom. The second-order valence-electron chi connectivity index (χ2n) is 2.30. The maximum absolute atomic E-state index is 9.85. The molecule has 0 aliphatic rings. The average molecular weight is 180 g/mol. The van der Waals surface area contributed by atoms with Gasteiger partial charge in [0.25, 0.3) is 0 Å². The van der Waals surface area contributed by atoms with Crippen molar-refractivity contribution in [3.05, 3.63) is 40.9 Å². The molecule has 0 amide bonds. The Kier molecular flexibility index (Phi) is 3.55. The third kappa shape index (κ3) is 2.89. The molecule has 1 aromatic carbocycles. The largest absolute Gasteiger partial charge is 0.291 e. The molecule has 0 aliphatic heterocycles. The Labute approximate surface area is 76.7 Å². The lowest BCUT2D eigenvalue weighted by molar-refractivity contribution is 0.556. The van der Waals surface area contributed by atoms with Crippen molar-refractivity contribution in [3.63, 3.8) is 0 Å². The molecule has 0 fully saturated rings. The maximum atomic E-state index is 9.85. The zero-order valence-corrected chi connectivity index (χ0v) is 7.21. The molecular formula is C10H8ClO. The smallest absolute Gasteiger partial charge is 0.202 e. The number of benzene rings is 1. The molecule has 0 N–H and O–H groups in total. The van der Waals surface area contributed by atoms with Crippen LogP contribution in [-0.4, -0.2) is 6.29 Å². The number of hydrogen-bond donors (Lipinski definition) is 0. The van der Waals surface area contributed by atoms with Crippen LogP contribution in [0.15, 0.2) is 30.3 Å². The first-order valence-electron chi connectivity index (χ1n) is 3.60. The Balaban J connectivity index is 2.64. The van der Waals surface area contributed by atoms with Crippen LogP contribution in [0.4, 0.5) is 0 Å². The van der Waals surface area contributed by atoms with Crippen LogP contribution in [0, 0.1) is 0 Å². The lowest BCUT2D eigenvalue weighted by atomic mass is 10.2. The number of carbonyl (C=O) groups excluding carboxylic acids is 1. The van der Waals surface area contributed by atoms with E-state index in [1.807, 2.05) is 30.3 Å². The maximum Gasteiger partial charge on any atom is 0.202 e. The highest BCUT2D eigenvalue weighted by Crippen LogP contribution is 2.10. The summed E-state index contributed by atoms with van der Waals surface area (Å²) in [4.78, 5) is 9.85.